The lowest BCUT2D eigenvalue weighted by atomic mass is 9.64. The minimum absolute atomic E-state index is 0.00347. The van der Waals surface area contributed by atoms with Gasteiger partial charge in [0.1, 0.15) is 0 Å². The maximum absolute atomic E-state index is 11.0. The molecule has 1 heterocycles. The van der Waals surface area contributed by atoms with Gasteiger partial charge in [0.05, 0.1) is 11.5 Å². The summed E-state index contributed by atoms with van der Waals surface area (Å²) in [7, 11) is 0. The molecule has 0 spiro atoms. The Morgan fingerprint density at radius 3 is 2.50 bits per heavy atom. The molecule has 0 amide bonds. The maximum Gasteiger partial charge on any atom is 0.312 e. The van der Waals surface area contributed by atoms with Gasteiger partial charge in [0.2, 0.25) is 0 Å². The van der Waals surface area contributed by atoms with Crippen LogP contribution in [0.25, 0.3) is 0 Å². The van der Waals surface area contributed by atoms with Crippen molar-refractivity contribution in [1.29, 1.82) is 0 Å². The van der Waals surface area contributed by atoms with Gasteiger partial charge >= 0.3 is 5.97 Å². The van der Waals surface area contributed by atoms with E-state index in [-0.39, 0.29) is 6.10 Å². The Labute approximate surface area is 71.7 Å². The van der Waals surface area contributed by atoms with Gasteiger partial charge in [-0.3, -0.25) is 4.79 Å². The van der Waals surface area contributed by atoms with Crippen LogP contribution in [0.3, 0.4) is 0 Å². The highest BCUT2D eigenvalue weighted by Gasteiger charge is 2.52. The predicted octanol–water partition coefficient (Wildman–Crippen LogP) is 1.42. The van der Waals surface area contributed by atoms with Crippen LogP contribution in [0, 0.1) is 5.41 Å². The molecule has 1 aliphatic heterocycles. The van der Waals surface area contributed by atoms with Crippen LogP contribution in [0.15, 0.2) is 0 Å². The van der Waals surface area contributed by atoms with E-state index >= 15 is 0 Å². The molecule has 12 heavy (non-hydrogen) atoms. The molecule has 1 aliphatic carbocycles. The monoisotopic (exact) mass is 170 g/mol. The molecule has 2 rings (SSSR count). The van der Waals surface area contributed by atoms with E-state index in [1.165, 1.54) is 0 Å². The first-order valence-corrected chi connectivity index (χ1v) is 4.61. The van der Waals surface area contributed by atoms with E-state index in [4.69, 9.17) is 9.84 Å². The van der Waals surface area contributed by atoms with Gasteiger partial charge in [-0.15, -0.1) is 0 Å². The molecule has 0 aromatic rings. The van der Waals surface area contributed by atoms with Crippen molar-refractivity contribution in [2.45, 2.75) is 38.2 Å². The number of aliphatic carboxylic acids is 1. The second kappa shape index (κ2) is 2.73. The van der Waals surface area contributed by atoms with Gasteiger partial charge < -0.3 is 9.84 Å². The molecule has 1 N–H and O–H groups in total. The van der Waals surface area contributed by atoms with Crippen molar-refractivity contribution in [2.75, 3.05) is 6.61 Å². The molecule has 0 bridgehead atoms. The Hall–Kier alpha value is -0.570. The van der Waals surface area contributed by atoms with Crippen LogP contribution in [0.4, 0.5) is 0 Å². The number of ether oxygens (including phenoxy) is 1. The standard InChI is InChI=1S/C9H14O3/c10-8(11)9(4-2-5-9)7-3-1-6-12-7/h7H,1-6H2,(H,10,11)/t7-/m0/s1. The lowest BCUT2D eigenvalue weighted by Gasteiger charge is -2.41. The van der Waals surface area contributed by atoms with Gasteiger partial charge in [-0.25, -0.2) is 0 Å². The largest absolute Gasteiger partial charge is 0.481 e. The zero-order chi connectivity index (χ0) is 8.60. The smallest absolute Gasteiger partial charge is 0.312 e. The Balaban J connectivity index is 2.10. The van der Waals surface area contributed by atoms with Gasteiger partial charge in [-0.05, 0) is 25.7 Å². The minimum Gasteiger partial charge on any atom is -0.481 e. The average molecular weight is 170 g/mol. The maximum atomic E-state index is 11.0. The quantitative estimate of drug-likeness (QED) is 0.681. The van der Waals surface area contributed by atoms with E-state index < -0.39 is 11.4 Å². The average Bonchev–Trinajstić information content (AvgIpc) is 2.35. The Bertz CT molecular complexity index is 190. The molecule has 0 unspecified atom stereocenters. The third kappa shape index (κ3) is 0.959. The van der Waals surface area contributed by atoms with Crippen LogP contribution in [0.1, 0.15) is 32.1 Å². The number of hydrogen-bond acceptors (Lipinski definition) is 2. The summed E-state index contributed by atoms with van der Waals surface area (Å²) in [6.07, 6.45) is 4.64. The molecule has 3 heteroatoms. The molecule has 1 saturated carbocycles. The highest BCUT2D eigenvalue weighted by molar-refractivity contribution is 5.76. The van der Waals surface area contributed by atoms with E-state index in [2.05, 4.69) is 0 Å². The van der Waals surface area contributed by atoms with Crippen molar-refractivity contribution >= 4 is 5.97 Å². The molecular formula is C9H14O3. The molecule has 2 aliphatic rings. The minimum atomic E-state index is -0.652. The summed E-state index contributed by atoms with van der Waals surface area (Å²) in [6, 6.07) is 0. The van der Waals surface area contributed by atoms with Crippen LogP contribution >= 0.6 is 0 Å². The SMILES string of the molecule is O=C(O)C1([C@@H]2CCCO2)CCC1. The molecule has 0 radical (unpaired) electrons. The zero-order valence-corrected chi connectivity index (χ0v) is 7.08. The molecule has 3 nitrogen and oxygen atoms in total. The summed E-state index contributed by atoms with van der Waals surface area (Å²) in [6.45, 7) is 0.750. The highest BCUT2D eigenvalue weighted by Crippen LogP contribution is 2.48. The summed E-state index contributed by atoms with van der Waals surface area (Å²) in [5, 5.41) is 9.06. The summed E-state index contributed by atoms with van der Waals surface area (Å²) < 4.78 is 5.44. The van der Waals surface area contributed by atoms with Gasteiger partial charge in [-0.2, -0.15) is 0 Å². The van der Waals surface area contributed by atoms with Crippen LogP contribution < -0.4 is 0 Å². The number of carboxylic acids is 1. The number of carbonyl (C=O) groups is 1. The van der Waals surface area contributed by atoms with Crippen LogP contribution in [0.5, 0.6) is 0 Å². The third-order valence-corrected chi connectivity index (χ3v) is 3.22. The van der Waals surface area contributed by atoms with Crippen LogP contribution in [0.2, 0.25) is 0 Å². The predicted molar refractivity (Wildman–Crippen MR) is 42.9 cm³/mol. The second-order valence-electron chi connectivity index (χ2n) is 3.82. The van der Waals surface area contributed by atoms with Crippen LogP contribution in [-0.2, 0) is 9.53 Å². The molecule has 1 saturated heterocycles. The third-order valence-electron chi connectivity index (χ3n) is 3.22. The molecule has 0 aromatic heterocycles. The first kappa shape index (κ1) is 8.05. The number of carboxylic acid groups (broad SMARTS) is 1. The van der Waals surface area contributed by atoms with E-state index in [1.54, 1.807) is 0 Å². The highest BCUT2D eigenvalue weighted by atomic mass is 16.5. The lowest BCUT2D eigenvalue weighted by molar-refractivity contribution is -0.166. The van der Waals surface area contributed by atoms with Crippen molar-refractivity contribution in [2.24, 2.45) is 5.41 Å². The molecule has 68 valence electrons. The Morgan fingerprint density at radius 1 is 1.42 bits per heavy atom. The van der Waals surface area contributed by atoms with Crippen LogP contribution in [-0.4, -0.2) is 23.8 Å². The zero-order valence-electron chi connectivity index (χ0n) is 7.08. The van der Waals surface area contributed by atoms with E-state index in [1.807, 2.05) is 0 Å². The first-order chi connectivity index (χ1) is 5.76. The van der Waals surface area contributed by atoms with Gasteiger partial charge in [0.15, 0.2) is 0 Å². The Kier molecular flexibility index (Phi) is 1.83. The summed E-state index contributed by atoms with van der Waals surface area (Å²) in [5.74, 6) is -0.652. The summed E-state index contributed by atoms with van der Waals surface area (Å²) >= 11 is 0. The summed E-state index contributed by atoms with van der Waals surface area (Å²) in [5.41, 5.74) is -0.503. The van der Waals surface area contributed by atoms with Crippen molar-refractivity contribution in [3.63, 3.8) is 0 Å². The first-order valence-electron chi connectivity index (χ1n) is 4.61. The van der Waals surface area contributed by atoms with Gasteiger partial charge in [0.25, 0.3) is 0 Å². The molecular weight excluding hydrogens is 156 g/mol. The van der Waals surface area contributed by atoms with Crippen molar-refractivity contribution in [3.8, 4) is 0 Å². The molecule has 2 fully saturated rings. The van der Waals surface area contributed by atoms with Crippen molar-refractivity contribution in [1.82, 2.24) is 0 Å². The van der Waals surface area contributed by atoms with Gasteiger partial charge in [-0.1, -0.05) is 6.42 Å². The molecule has 0 aromatic carbocycles. The van der Waals surface area contributed by atoms with Crippen molar-refractivity contribution < 1.29 is 14.6 Å². The fraction of sp³-hybridized carbons (Fsp3) is 0.889. The van der Waals surface area contributed by atoms with E-state index in [0.29, 0.717) is 0 Å². The lowest BCUT2D eigenvalue weighted by Crippen LogP contribution is -2.47. The fourth-order valence-corrected chi connectivity index (χ4v) is 2.24. The van der Waals surface area contributed by atoms with E-state index in [0.717, 1.165) is 38.7 Å². The normalized spacial score (nSPS) is 32.8. The fourth-order valence-electron chi connectivity index (χ4n) is 2.24. The number of hydrogen-bond donors (Lipinski definition) is 1. The molecule has 1 atom stereocenters. The van der Waals surface area contributed by atoms with Gasteiger partial charge in [0, 0.05) is 6.61 Å². The van der Waals surface area contributed by atoms with Crippen molar-refractivity contribution in [3.05, 3.63) is 0 Å². The second-order valence-corrected chi connectivity index (χ2v) is 3.82. The Morgan fingerprint density at radius 2 is 2.17 bits per heavy atom. The number of rotatable bonds is 2. The van der Waals surface area contributed by atoms with E-state index in [9.17, 15) is 4.79 Å². The topological polar surface area (TPSA) is 46.5 Å². The summed E-state index contributed by atoms with van der Waals surface area (Å²) in [4.78, 5) is 11.0.